The van der Waals surface area contributed by atoms with Crippen LogP contribution in [0.2, 0.25) is 5.15 Å². The number of nitrogens with zero attached hydrogens (tertiary/aromatic N) is 2. The lowest BCUT2D eigenvalue weighted by atomic mass is 9.71. The van der Waals surface area contributed by atoms with Crippen LogP contribution in [0.5, 0.6) is 0 Å². The van der Waals surface area contributed by atoms with Crippen molar-refractivity contribution < 1.29 is 9.90 Å². The predicted molar refractivity (Wildman–Crippen MR) is 68.7 cm³/mol. The van der Waals surface area contributed by atoms with Gasteiger partial charge in [0.15, 0.2) is 5.15 Å². The highest BCUT2D eigenvalue weighted by Gasteiger charge is 2.43. The van der Waals surface area contributed by atoms with Gasteiger partial charge in [-0.1, -0.05) is 24.4 Å². The zero-order chi connectivity index (χ0) is 13.2. The molecule has 2 unspecified atom stereocenters. The first-order valence-corrected chi connectivity index (χ1v) is 6.39. The van der Waals surface area contributed by atoms with Gasteiger partial charge in [0.25, 0.3) is 0 Å². The summed E-state index contributed by atoms with van der Waals surface area (Å²) in [5.41, 5.74) is -0.750. The Balaban J connectivity index is 2.15. The minimum atomic E-state index is -0.762. The van der Waals surface area contributed by atoms with Crippen molar-refractivity contribution in [3.8, 4) is 0 Å². The fourth-order valence-electron chi connectivity index (χ4n) is 2.39. The third kappa shape index (κ3) is 2.56. The average molecular weight is 270 g/mol. The van der Waals surface area contributed by atoms with Crippen molar-refractivity contribution in [2.24, 2.45) is 5.41 Å². The highest BCUT2D eigenvalue weighted by molar-refractivity contribution is 6.29. The standard InChI is InChI=1S/C12H16ClN3O2/c1-12(11(17)18)7-3-2-4-8(12)14-10-6-5-9(13)15-16-10/h5-6,8H,2-4,7H2,1H3,(H,14,16)(H,17,18). The van der Waals surface area contributed by atoms with Crippen molar-refractivity contribution in [2.45, 2.75) is 38.6 Å². The van der Waals surface area contributed by atoms with E-state index in [1.54, 1.807) is 19.1 Å². The van der Waals surface area contributed by atoms with E-state index in [2.05, 4.69) is 15.5 Å². The van der Waals surface area contributed by atoms with Gasteiger partial charge in [0.1, 0.15) is 5.82 Å². The minimum Gasteiger partial charge on any atom is -0.481 e. The number of carboxylic acid groups (broad SMARTS) is 1. The van der Waals surface area contributed by atoms with Gasteiger partial charge in [-0.3, -0.25) is 4.79 Å². The fourth-order valence-corrected chi connectivity index (χ4v) is 2.49. The Labute approximate surface area is 111 Å². The van der Waals surface area contributed by atoms with E-state index in [4.69, 9.17) is 11.6 Å². The number of nitrogens with one attached hydrogen (secondary N) is 1. The van der Waals surface area contributed by atoms with Crippen LogP contribution in [0.25, 0.3) is 0 Å². The molecule has 2 atom stereocenters. The second-order valence-electron chi connectivity index (χ2n) is 4.91. The molecule has 1 heterocycles. The molecule has 2 rings (SSSR count). The zero-order valence-electron chi connectivity index (χ0n) is 10.2. The third-order valence-electron chi connectivity index (χ3n) is 3.65. The fraction of sp³-hybridized carbons (Fsp3) is 0.583. The third-order valence-corrected chi connectivity index (χ3v) is 3.85. The van der Waals surface area contributed by atoms with Gasteiger partial charge >= 0.3 is 5.97 Å². The average Bonchev–Trinajstić information content (AvgIpc) is 2.35. The summed E-state index contributed by atoms with van der Waals surface area (Å²) in [4.78, 5) is 11.4. The molecular formula is C12H16ClN3O2. The second kappa shape index (κ2) is 5.10. The monoisotopic (exact) mass is 269 g/mol. The molecule has 0 radical (unpaired) electrons. The smallest absolute Gasteiger partial charge is 0.311 e. The molecule has 5 nitrogen and oxygen atoms in total. The molecule has 1 aliphatic carbocycles. The van der Waals surface area contributed by atoms with Crippen molar-refractivity contribution in [1.29, 1.82) is 0 Å². The predicted octanol–water partition coefficient (Wildman–Crippen LogP) is 2.58. The lowest BCUT2D eigenvalue weighted by molar-refractivity contribution is -0.150. The molecule has 2 N–H and O–H groups in total. The molecule has 1 aliphatic rings. The van der Waals surface area contributed by atoms with E-state index in [1.807, 2.05) is 0 Å². The van der Waals surface area contributed by atoms with Crippen LogP contribution in [0.4, 0.5) is 5.82 Å². The summed E-state index contributed by atoms with van der Waals surface area (Å²) in [5.74, 6) is -0.194. The molecule has 1 aromatic rings. The first kappa shape index (κ1) is 13.1. The van der Waals surface area contributed by atoms with E-state index in [0.717, 1.165) is 19.3 Å². The Hall–Kier alpha value is -1.36. The van der Waals surface area contributed by atoms with Crippen molar-refractivity contribution in [3.63, 3.8) is 0 Å². The number of anilines is 1. The molecule has 0 aromatic carbocycles. The van der Waals surface area contributed by atoms with Crippen LogP contribution in [0.3, 0.4) is 0 Å². The molecule has 1 aromatic heterocycles. The van der Waals surface area contributed by atoms with Crippen molar-refractivity contribution in [2.75, 3.05) is 5.32 Å². The number of carbonyl (C=O) groups is 1. The minimum absolute atomic E-state index is 0.126. The molecule has 18 heavy (non-hydrogen) atoms. The summed E-state index contributed by atoms with van der Waals surface area (Å²) < 4.78 is 0. The maximum absolute atomic E-state index is 11.4. The number of carboxylic acids is 1. The van der Waals surface area contributed by atoms with Gasteiger partial charge in [-0.2, -0.15) is 0 Å². The summed E-state index contributed by atoms with van der Waals surface area (Å²) in [7, 11) is 0. The molecule has 0 amide bonds. The van der Waals surface area contributed by atoms with Gasteiger partial charge < -0.3 is 10.4 Å². The van der Waals surface area contributed by atoms with E-state index < -0.39 is 11.4 Å². The van der Waals surface area contributed by atoms with Crippen LogP contribution < -0.4 is 5.32 Å². The molecule has 0 spiro atoms. The molecule has 1 saturated carbocycles. The normalized spacial score (nSPS) is 27.8. The number of halogens is 1. The first-order chi connectivity index (χ1) is 8.52. The van der Waals surface area contributed by atoms with Crippen molar-refractivity contribution in [1.82, 2.24) is 10.2 Å². The Morgan fingerprint density at radius 3 is 2.89 bits per heavy atom. The number of aliphatic carboxylic acids is 1. The van der Waals surface area contributed by atoms with Crippen LogP contribution in [0.15, 0.2) is 12.1 Å². The van der Waals surface area contributed by atoms with Gasteiger partial charge in [-0.05, 0) is 31.9 Å². The summed E-state index contributed by atoms with van der Waals surface area (Å²) in [6, 6.07) is 3.23. The van der Waals surface area contributed by atoms with Crippen LogP contribution in [0, 0.1) is 5.41 Å². The van der Waals surface area contributed by atoms with Crippen LogP contribution in [-0.2, 0) is 4.79 Å². The number of hydrogen-bond acceptors (Lipinski definition) is 4. The van der Waals surface area contributed by atoms with E-state index in [1.165, 1.54) is 0 Å². The molecule has 1 fully saturated rings. The summed E-state index contributed by atoms with van der Waals surface area (Å²) >= 11 is 5.67. The molecule has 6 heteroatoms. The number of hydrogen-bond donors (Lipinski definition) is 2. The van der Waals surface area contributed by atoms with Crippen LogP contribution >= 0.6 is 11.6 Å². The molecule has 0 bridgehead atoms. The lowest BCUT2D eigenvalue weighted by Crippen LogP contribution is -2.46. The maximum atomic E-state index is 11.4. The van der Waals surface area contributed by atoms with Crippen LogP contribution in [-0.4, -0.2) is 27.3 Å². The van der Waals surface area contributed by atoms with Crippen LogP contribution in [0.1, 0.15) is 32.6 Å². The van der Waals surface area contributed by atoms with Gasteiger partial charge in [-0.15, -0.1) is 10.2 Å². The van der Waals surface area contributed by atoms with E-state index in [9.17, 15) is 9.90 Å². The summed E-state index contributed by atoms with van der Waals surface area (Å²) in [6.07, 6.45) is 3.49. The van der Waals surface area contributed by atoms with Gasteiger partial charge in [0.2, 0.25) is 0 Å². The Morgan fingerprint density at radius 1 is 1.50 bits per heavy atom. The number of rotatable bonds is 3. The van der Waals surface area contributed by atoms with Crippen molar-refractivity contribution >= 4 is 23.4 Å². The Morgan fingerprint density at radius 2 is 2.28 bits per heavy atom. The maximum Gasteiger partial charge on any atom is 0.311 e. The van der Waals surface area contributed by atoms with Crippen molar-refractivity contribution in [3.05, 3.63) is 17.3 Å². The summed E-state index contributed by atoms with van der Waals surface area (Å²) in [5, 5.41) is 20.5. The Kier molecular flexibility index (Phi) is 3.71. The largest absolute Gasteiger partial charge is 0.481 e. The highest BCUT2D eigenvalue weighted by Crippen LogP contribution is 2.37. The molecule has 0 aliphatic heterocycles. The molecule has 0 saturated heterocycles. The molecular weight excluding hydrogens is 254 g/mol. The SMILES string of the molecule is CC1(C(=O)O)CCCCC1Nc1ccc(Cl)nn1. The summed E-state index contributed by atoms with van der Waals surface area (Å²) in [6.45, 7) is 1.79. The number of aromatic nitrogens is 2. The van der Waals surface area contributed by atoms with E-state index in [0.29, 0.717) is 17.4 Å². The molecule has 98 valence electrons. The highest BCUT2D eigenvalue weighted by atomic mass is 35.5. The first-order valence-electron chi connectivity index (χ1n) is 6.01. The van der Waals surface area contributed by atoms with Gasteiger partial charge in [-0.25, -0.2) is 0 Å². The van der Waals surface area contributed by atoms with E-state index >= 15 is 0 Å². The lowest BCUT2D eigenvalue weighted by Gasteiger charge is -2.38. The quantitative estimate of drug-likeness (QED) is 0.882. The Bertz CT molecular complexity index is 437. The van der Waals surface area contributed by atoms with Gasteiger partial charge in [0.05, 0.1) is 5.41 Å². The topological polar surface area (TPSA) is 75.1 Å². The zero-order valence-corrected chi connectivity index (χ0v) is 10.9. The van der Waals surface area contributed by atoms with Gasteiger partial charge in [0, 0.05) is 6.04 Å². The van der Waals surface area contributed by atoms with E-state index in [-0.39, 0.29) is 6.04 Å². The second-order valence-corrected chi connectivity index (χ2v) is 5.29.